The van der Waals surface area contributed by atoms with Gasteiger partial charge in [-0.15, -0.1) is 11.6 Å². The molecule has 1 aromatic carbocycles. The van der Waals surface area contributed by atoms with Crippen LogP contribution in [0, 0.1) is 0 Å². The molecule has 0 aliphatic carbocycles. The molecule has 1 unspecified atom stereocenters. The van der Waals surface area contributed by atoms with Gasteiger partial charge < -0.3 is 4.90 Å². The largest absolute Gasteiger partial charge is 0.372 e. The maximum Gasteiger partial charge on any atom is 0.0495 e. The minimum Gasteiger partial charge on any atom is -0.372 e. The SMILES string of the molecule is CCC(C)N(C)c1ccc(Cl)cc1CCl. The van der Waals surface area contributed by atoms with Crippen LogP contribution in [0.1, 0.15) is 25.8 Å². The first kappa shape index (κ1) is 12.7. The third-order valence-electron chi connectivity index (χ3n) is 2.82. The molecule has 0 N–H and O–H groups in total. The Kier molecular flexibility index (Phi) is 4.75. The standard InChI is InChI=1S/C12H17Cl2N/c1-4-9(2)15(3)12-6-5-11(14)7-10(12)8-13/h5-7,9H,4,8H2,1-3H3. The minimum atomic E-state index is 0.497. The van der Waals surface area contributed by atoms with Crippen LogP contribution in [0.15, 0.2) is 18.2 Å². The average molecular weight is 246 g/mol. The maximum atomic E-state index is 5.94. The van der Waals surface area contributed by atoms with Gasteiger partial charge in [0.1, 0.15) is 0 Å². The highest BCUT2D eigenvalue weighted by Gasteiger charge is 2.11. The van der Waals surface area contributed by atoms with Crippen molar-refractivity contribution in [2.24, 2.45) is 0 Å². The normalized spacial score (nSPS) is 12.6. The number of hydrogen-bond acceptors (Lipinski definition) is 1. The van der Waals surface area contributed by atoms with Gasteiger partial charge in [0.2, 0.25) is 0 Å². The van der Waals surface area contributed by atoms with E-state index in [0.717, 1.165) is 17.0 Å². The fourth-order valence-corrected chi connectivity index (χ4v) is 1.93. The second-order valence-corrected chi connectivity index (χ2v) is 4.48. The molecule has 1 aromatic rings. The predicted octanol–water partition coefficient (Wildman–Crippen LogP) is 4.31. The number of nitrogens with zero attached hydrogens (tertiary/aromatic N) is 1. The van der Waals surface area contributed by atoms with Crippen LogP contribution in [0.3, 0.4) is 0 Å². The van der Waals surface area contributed by atoms with E-state index >= 15 is 0 Å². The summed E-state index contributed by atoms with van der Waals surface area (Å²) in [6, 6.07) is 6.38. The van der Waals surface area contributed by atoms with Gasteiger partial charge in [0.25, 0.3) is 0 Å². The number of halogens is 2. The summed E-state index contributed by atoms with van der Waals surface area (Å²) in [5.41, 5.74) is 2.26. The summed E-state index contributed by atoms with van der Waals surface area (Å²) in [6.07, 6.45) is 1.11. The monoisotopic (exact) mass is 245 g/mol. The van der Waals surface area contributed by atoms with E-state index in [1.54, 1.807) is 0 Å². The third kappa shape index (κ3) is 3.02. The molecule has 0 radical (unpaired) electrons. The van der Waals surface area contributed by atoms with Gasteiger partial charge in [0, 0.05) is 29.7 Å². The molecule has 0 bridgehead atoms. The highest BCUT2D eigenvalue weighted by molar-refractivity contribution is 6.30. The first-order valence-electron chi connectivity index (χ1n) is 5.17. The van der Waals surface area contributed by atoms with Crippen molar-refractivity contribution in [3.63, 3.8) is 0 Å². The van der Waals surface area contributed by atoms with Crippen LogP contribution in [0.2, 0.25) is 5.02 Å². The van der Waals surface area contributed by atoms with Crippen molar-refractivity contribution in [3.05, 3.63) is 28.8 Å². The predicted molar refractivity (Wildman–Crippen MR) is 69.2 cm³/mol. The molecular weight excluding hydrogens is 229 g/mol. The molecule has 3 heteroatoms. The van der Waals surface area contributed by atoms with Gasteiger partial charge in [-0.3, -0.25) is 0 Å². The zero-order valence-corrected chi connectivity index (χ0v) is 10.9. The quantitative estimate of drug-likeness (QED) is 0.715. The molecule has 0 aromatic heterocycles. The maximum absolute atomic E-state index is 5.94. The topological polar surface area (TPSA) is 3.24 Å². The molecule has 84 valence electrons. The molecule has 1 nitrogen and oxygen atoms in total. The Bertz CT molecular complexity index is 325. The highest BCUT2D eigenvalue weighted by atomic mass is 35.5. The molecule has 1 atom stereocenters. The molecule has 0 saturated carbocycles. The van der Waals surface area contributed by atoms with Gasteiger partial charge >= 0.3 is 0 Å². The van der Waals surface area contributed by atoms with E-state index in [2.05, 4.69) is 25.8 Å². The van der Waals surface area contributed by atoms with Gasteiger partial charge in [0.15, 0.2) is 0 Å². The Morgan fingerprint density at radius 1 is 1.40 bits per heavy atom. The zero-order chi connectivity index (χ0) is 11.4. The second kappa shape index (κ2) is 5.62. The zero-order valence-electron chi connectivity index (χ0n) is 9.43. The molecule has 1 rings (SSSR count). The Labute approximate surface area is 102 Å². The van der Waals surface area contributed by atoms with Gasteiger partial charge in [0.05, 0.1) is 0 Å². The van der Waals surface area contributed by atoms with E-state index in [0.29, 0.717) is 11.9 Å². The van der Waals surface area contributed by atoms with Gasteiger partial charge in [-0.1, -0.05) is 18.5 Å². The van der Waals surface area contributed by atoms with Crippen LogP contribution in [-0.4, -0.2) is 13.1 Å². The lowest BCUT2D eigenvalue weighted by atomic mass is 10.1. The molecule has 0 spiro atoms. The summed E-state index contributed by atoms with van der Waals surface area (Å²) in [4.78, 5) is 2.24. The number of benzene rings is 1. The van der Waals surface area contributed by atoms with Crippen LogP contribution in [0.4, 0.5) is 5.69 Å². The summed E-state index contributed by atoms with van der Waals surface area (Å²) in [5, 5.41) is 0.743. The van der Waals surface area contributed by atoms with E-state index in [4.69, 9.17) is 23.2 Å². The first-order chi connectivity index (χ1) is 7.10. The Balaban J connectivity index is 3.02. The molecule has 0 saturated heterocycles. The summed E-state index contributed by atoms with van der Waals surface area (Å²) >= 11 is 11.8. The lowest BCUT2D eigenvalue weighted by Crippen LogP contribution is -2.28. The van der Waals surface area contributed by atoms with Crippen LogP contribution in [0.25, 0.3) is 0 Å². The first-order valence-corrected chi connectivity index (χ1v) is 6.08. The van der Waals surface area contributed by atoms with Crippen molar-refractivity contribution < 1.29 is 0 Å². The van der Waals surface area contributed by atoms with E-state index < -0.39 is 0 Å². The Hall–Kier alpha value is -0.400. The number of hydrogen-bond donors (Lipinski definition) is 0. The average Bonchev–Trinajstić information content (AvgIpc) is 2.26. The molecule has 0 amide bonds. The summed E-state index contributed by atoms with van der Waals surface area (Å²) in [6.45, 7) is 4.38. The van der Waals surface area contributed by atoms with E-state index in [-0.39, 0.29) is 0 Å². The van der Waals surface area contributed by atoms with Crippen molar-refractivity contribution in [2.45, 2.75) is 32.2 Å². The fraction of sp³-hybridized carbons (Fsp3) is 0.500. The molecule has 0 aliphatic heterocycles. The molecule has 0 aliphatic rings. The van der Waals surface area contributed by atoms with E-state index in [1.165, 1.54) is 5.69 Å². The van der Waals surface area contributed by atoms with Crippen LogP contribution < -0.4 is 4.90 Å². The van der Waals surface area contributed by atoms with E-state index in [1.807, 2.05) is 18.2 Å². The third-order valence-corrected chi connectivity index (χ3v) is 3.34. The van der Waals surface area contributed by atoms with Gasteiger partial charge in [-0.2, -0.15) is 0 Å². The van der Waals surface area contributed by atoms with Crippen molar-refractivity contribution in [3.8, 4) is 0 Å². The van der Waals surface area contributed by atoms with Crippen LogP contribution >= 0.6 is 23.2 Å². The van der Waals surface area contributed by atoms with Crippen molar-refractivity contribution in [1.29, 1.82) is 0 Å². The molecular formula is C12H17Cl2N. The Morgan fingerprint density at radius 2 is 2.07 bits per heavy atom. The summed E-state index contributed by atoms with van der Waals surface area (Å²) < 4.78 is 0. The molecule has 15 heavy (non-hydrogen) atoms. The Morgan fingerprint density at radius 3 is 2.60 bits per heavy atom. The second-order valence-electron chi connectivity index (χ2n) is 3.77. The lowest BCUT2D eigenvalue weighted by molar-refractivity contribution is 0.662. The summed E-state index contributed by atoms with van der Waals surface area (Å²) in [7, 11) is 2.09. The van der Waals surface area contributed by atoms with Crippen molar-refractivity contribution >= 4 is 28.9 Å². The highest BCUT2D eigenvalue weighted by Crippen LogP contribution is 2.26. The lowest BCUT2D eigenvalue weighted by Gasteiger charge is -2.28. The van der Waals surface area contributed by atoms with Crippen LogP contribution in [0.5, 0.6) is 0 Å². The fourth-order valence-electron chi connectivity index (χ4n) is 1.52. The molecule has 0 heterocycles. The summed E-state index contributed by atoms with van der Waals surface area (Å²) in [5.74, 6) is 0.497. The van der Waals surface area contributed by atoms with Crippen molar-refractivity contribution in [2.75, 3.05) is 11.9 Å². The molecule has 0 fully saturated rings. The van der Waals surface area contributed by atoms with Crippen molar-refractivity contribution in [1.82, 2.24) is 0 Å². The van der Waals surface area contributed by atoms with Gasteiger partial charge in [-0.25, -0.2) is 0 Å². The van der Waals surface area contributed by atoms with Crippen LogP contribution in [-0.2, 0) is 5.88 Å². The minimum absolute atomic E-state index is 0.497. The smallest absolute Gasteiger partial charge is 0.0495 e. The number of alkyl halides is 1. The number of rotatable bonds is 4. The van der Waals surface area contributed by atoms with E-state index in [9.17, 15) is 0 Å². The number of anilines is 1. The van der Waals surface area contributed by atoms with Gasteiger partial charge in [-0.05, 0) is 37.1 Å².